The Kier molecular flexibility index (Phi) is 3.01. The maximum Gasteiger partial charge on any atom is 0.303 e. The molecule has 0 aromatic rings. The minimum Gasteiger partial charge on any atom is -0.457 e. The van der Waals surface area contributed by atoms with Gasteiger partial charge in [-0.2, -0.15) is 0 Å². The van der Waals surface area contributed by atoms with Crippen LogP contribution in [0.15, 0.2) is 0 Å². The third kappa shape index (κ3) is 2.23. The number of nitrogens with one attached hydrogen (secondary N) is 1. The number of hydrogen-bond donors (Lipinski definition) is 1. The molecule has 0 aliphatic carbocycles. The summed E-state index contributed by atoms with van der Waals surface area (Å²) in [4.78, 5) is 33.3. The molecule has 0 spiro atoms. The summed E-state index contributed by atoms with van der Waals surface area (Å²) >= 11 is 0. The van der Waals surface area contributed by atoms with Crippen LogP contribution >= 0.6 is 0 Å². The van der Waals surface area contributed by atoms with Gasteiger partial charge < -0.3 is 19.5 Å². The lowest BCUT2D eigenvalue weighted by Crippen LogP contribution is -2.70. The van der Waals surface area contributed by atoms with Crippen molar-refractivity contribution in [2.24, 2.45) is 5.92 Å². The van der Waals surface area contributed by atoms with Gasteiger partial charge in [-0.15, -0.1) is 0 Å². The zero-order valence-corrected chi connectivity index (χ0v) is 9.47. The Morgan fingerprint density at radius 2 is 1.94 bits per heavy atom. The molecule has 7 nitrogen and oxygen atoms in total. The number of carbonyl (C=O) groups is 3. The topological polar surface area (TPSA) is 90.9 Å². The predicted octanol–water partition coefficient (Wildman–Crippen LogP) is -1.05. The molecule has 7 heteroatoms. The molecule has 2 aliphatic rings. The number of ether oxygens (including phenoxy) is 3. The van der Waals surface area contributed by atoms with Gasteiger partial charge in [-0.05, 0) is 0 Å². The molecule has 2 aliphatic heterocycles. The Labute approximate surface area is 97.4 Å². The van der Waals surface area contributed by atoms with Crippen LogP contribution < -0.4 is 5.32 Å². The van der Waals surface area contributed by atoms with E-state index < -0.39 is 36.3 Å². The molecule has 0 unspecified atom stereocenters. The fourth-order valence-electron chi connectivity index (χ4n) is 2.01. The first kappa shape index (κ1) is 11.8. The quantitative estimate of drug-likeness (QED) is 0.491. The van der Waals surface area contributed by atoms with Crippen molar-refractivity contribution < 1.29 is 28.6 Å². The first-order valence-corrected chi connectivity index (χ1v) is 5.25. The summed E-state index contributed by atoms with van der Waals surface area (Å²) in [5, 5.41) is 2.53. The highest BCUT2D eigenvalue weighted by atomic mass is 16.6. The summed E-state index contributed by atoms with van der Waals surface area (Å²) in [5.41, 5.74) is 0. The number of hydrogen-bond acceptors (Lipinski definition) is 6. The zero-order chi connectivity index (χ0) is 12.6. The molecule has 0 radical (unpaired) electrons. The minimum absolute atomic E-state index is 0.0962. The average Bonchev–Trinajstić information content (AvgIpc) is 2.18. The van der Waals surface area contributed by atoms with Crippen LogP contribution in [-0.2, 0) is 28.6 Å². The van der Waals surface area contributed by atoms with Crippen LogP contribution in [0.25, 0.3) is 0 Å². The lowest BCUT2D eigenvalue weighted by atomic mass is 9.87. The number of β-lactam (4-membered cyclic amide) rings is 1. The molecule has 0 bridgehead atoms. The van der Waals surface area contributed by atoms with Crippen LogP contribution in [0.4, 0.5) is 0 Å². The van der Waals surface area contributed by atoms with Gasteiger partial charge in [0.15, 0.2) is 12.2 Å². The first-order valence-electron chi connectivity index (χ1n) is 5.25. The van der Waals surface area contributed by atoms with Crippen molar-refractivity contribution in [3.63, 3.8) is 0 Å². The number of esters is 2. The first-order chi connectivity index (χ1) is 7.99. The van der Waals surface area contributed by atoms with E-state index in [1.165, 1.54) is 13.8 Å². The van der Waals surface area contributed by atoms with Gasteiger partial charge in [0, 0.05) is 13.8 Å². The summed E-state index contributed by atoms with van der Waals surface area (Å²) < 4.78 is 15.3. The molecule has 17 heavy (non-hydrogen) atoms. The van der Waals surface area contributed by atoms with Crippen LogP contribution in [0.3, 0.4) is 0 Å². The van der Waals surface area contributed by atoms with Crippen molar-refractivity contribution in [1.82, 2.24) is 5.32 Å². The molecule has 94 valence electrons. The fourth-order valence-corrected chi connectivity index (χ4v) is 2.01. The second kappa shape index (κ2) is 4.33. The number of carbonyl (C=O) groups excluding carboxylic acids is 3. The van der Waals surface area contributed by atoms with E-state index in [2.05, 4.69) is 5.32 Å². The smallest absolute Gasteiger partial charge is 0.303 e. The van der Waals surface area contributed by atoms with Crippen LogP contribution in [0, 0.1) is 5.92 Å². The van der Waals surface area contributed by atoms with Crippen LogP contribution in [0.2, 0.25) is 0 Å². The van der Waals surface area contributed by atoms with Gasteiger partial charge in [-0.25, -0.2) is 0 Å². The lowest BCUT2D eigenvalue weighted by molar-refractivity contribution is -0.223. The summed E-state index contributed by atoms with van der Waals surface area (Å²) in [6, 6.07) is 0. The van der Waals surface area contributed by atoms with Crippen molar-refractivity contribution in [2.75, 3.05) is 6.61 Å². The molecule has 4 atom stereocenters. The van der Waals surface area contributed by atoms with Crippen molar-refractivity contribution >= 4 is 17.8 Å². The summed E-state index contributed by atoms with van der Waals surface area (Å²) in [6.07, 6.45) is -1.97. The largest absolute Gasteiger partial charge is 0.457 e. The van der Waals surface area contributed by atoms with Crippen molar-refractivity contribution in [2.45, 2.75) is 32.3 Å². The SMILES string of the molecule is CC(=O)O[C@H]1[C@H]2C(=O)N[C@H]2OC[C@@H]1OC(C)=O. The van der Waals surface area contributed by atoms with Crippen LogP contribution in [0.1, 0.15) is 13.8 Å². The van der Waals surface area contributed by atoms with E-state index in [-0.39, 0.29) is 12.5 Å². The molecule has 1 N–H and O–H groups in total. The normalized spacial score (nSPS) is 35.1. The fraction of sp³-hybridized carbons (Fsp3) is 0.700. The van der Waals surface area contributed by atoms with Gasteiger partial charge in [0.1, 0.15) is 12.1 Å². The van der Waals surface area contributed by atoms with Crippen LogP contribution in [-0.4, -0.2) is 42.9 Å². The maximum atomic E-state index is 11.4. The molecule has 2 rings (SSSR count). The maximum absolute atomic E-state index is 11.4. The molecule has 2 heterocycles. The average molecular weight is 243 g/mol. The standard InChI is InChI=1S/C10H13NO6/c1-4(12)16-6-3-15-10-7(9(14)11-10)8(6)17-5(2)13/h6-8,10H,3H2,1-2H3,(H,11,14)/t6-,7-,8+,10-/m0/s1. The number of amides is 1. The molecule has 0 saturated carbocycles. The molecule has 2 saturated heterocycles. The molecule has 1 amide bonds. The Hall–Kier alpha value is -1.63. The van der Waals surface area contributed by atoms with E-state index in [9.17, 15) is 14.4 Å². The third-order valence-corrected chi connectivity index (χ3v) is 2.69. The highest BCUT2D eigenvalue weighted by Crippen LogP contribution is 2.31. The predicted molar refractivity (Wildman–Crippen MR) is 52.5 cm³/mol. The second-order valence-corrected chi connectivity index (χ2v) is 4.01. The number of fused-ring (bicyclic) bond motifs is 1. The Morgan fingerprint density at radius 3 is 2.47 bits per heavy atom. The van der Waals surface area contributed by atoms with E-state index >= 15 is 0 Å². The molecular formula is C10H13NO6. The van der Waals surface area contributed by atoms with Crippen molar-refractivity contribution in [1.29, 1.82) is 0 Å². The van der Waals surface area contributed by atoms with E-state index in [0.29, 0.717) is 0 Å². The van der Waals surface area contributed by atoms with Crippen molar-refractivity contribution in [3.8, 4) is 0 Å². The van der Waals surface area contributed by atoms with Gasteiger partial charge in [0.2, 0.25) is 5.91 Å². The summed E-state index contributed by atoms with van der Waals surface area (Å²) in [6.45, 7) is 2.59. The van der Waals surface area contributed by atoms with E-state index in [4.69, 9.17) is 14.2 Å². The lowest BCUT2D eigenvalue weighted by Gasteiger charge is -2.46. The summed E-state index contributed by atoms with van der Waals surface area (Å²) in [7, 11) is 0. The Balaban J connectivity index is 2.11. The molecule has 2 fully saturated rings. The highest BCUT2D eigenvalue weighted by Gasteiger charge is 2.54. The Bertz CT molecular complexity index is 368. The van der Waals surface area contributed by atoms with Crippen molar-refractivity contribution in [3.05, 3.63) is 0 Å². The Morgan fingerprint density at radius 1 is 1.29 bits per heavy atom. The van der Waals surface area contributed by atoms with Gasteiger partial charge in [-0.3, -0.25) is 14.4 Å². The van der Waals surface area contributed by atoms with Gasteiger partial charge in [-0.1, -0.05) is 0 Å². The van der Waals surface area contributed by atoms with Gasteiger partial charge in [0.05, 0.1) is 6.61 Å². The van der Waals surface area contributed by atoms with Gasteiger partial charge >= 0.3 is 11.9 Å². The van der Waals surface area contributed by atoms with Gasteiger partial charge in [0.25, 0.3) is 0 Å². The second-order valence-electron chi connectivity index (χ2n) is 4.01. The number of rotatable bonds is 2. The van der Waals surface area contributed by atoms with Crippen LogP contribution in [0.5, 0.6) is 0 Å². The summed E-state index contributed by atoms with van der Waals surface area (Å²) in [5.74, 6) is -1.89. The zero-order valence-electron chi connectivity index (χ0n) is 9.47. The molecule has 0 aromatic heterocycles. The highest BCUT2D eigenvalue weighted by molar-refractivity contribution is 5.86. The van der Waals surface area contributed by atoms with E-state index in [1.807, 2.05) is 0 Å². The molecule has 0 aromatic carbocycles. The van der Waals surface area contributed by atoms with E-state index in [1.54, 1.807) is 0 Å². The van der Waals surface area contributed by atoms with E-state index in [0.717, 1.165) is 0 Å². The monoisotopic (exact) mass is 243 g/mol. The third-order valence-electron chi connectivity index (χ3n) is 2.69. The minimum atomic E-state index is -0.774. The molecular weight excluding hydrogens is 230 g/mol.